The van der Waals surface area contributed by atoms with Crippen LogP contribution >= 0.6 is 11.8 Å². The summed E-state index contributed by atoms with van der Waals surface area (Å²) in [7, 11) is 3.41. The Balaban J connectivity index is 1.54. The molecule has 3 aromatic rings. The van der Waals surface area contributed by atoms with E-state index < -0.39 is 0 Å². The van der Waals surface area contributed by atoms with Gasteiger partial charge in [-0.25, -0.2) is 0 Å². The second-order valence-corrected chi connectivity index (χ2v) is 9.19. The number of aryl methyl sites for hydroxylation is 1. The molecule has 2 aromatic carbocycles. The zero-order chi connectivity index (χ0) is 22.3. The molecular formula is C25H32N4O2S. The smallest absolute Gasteiger partial charge is 0.191 e. The third-order valence-corrected chi connectivity index (χ3v) is 6.98. The van der Waals surface area contributed by atoms with Crippen LogP contribution in [0.25, 0.3) is 0 Å². The number of anilines is 1. The van der Waals surface area contributed by atoms with Crippen LogP contribution in [-0.4, -0.2) is 29.0 Å². The molecule has 1 heterocycles. The fourth-order valence-electron chi connectivity index (χ4n) is 4.31. The molecule has 0 radical (unpaired) electrons. The Hall–Kier alpha value is -2.67. The summed E-state index contributed by atoms with van der Waals surface area (Å²) in [6, 6.07) is 14.8. The van der Waals surface area contributed by atoms with E-state index in [1.807, 2.05) is 30.3 Å². The van der Waals surface area contributed by atoms with Crippen molar-refractivity contribution in [2.24, 2.45) is 0 Å². The van der Waals surface area contributed by atoms with Gasteiger partial charge in [0.15, 0.2) is 11.0 Å². The molecule has 1 N–H and O–H groups in total. The lowest BCUT2D eigenvalue weighted by molar-refractivity contribution is 0.330. The van der Waals surface area contributed by atoms with Crippen molar-refractivity contribution in [2.45, 2.75) is 62.5 Å². The fourth-order valence-corrected chi connectivity index (χ4v) is 5.31. The predicted molar refractivity (Wildman–Crippen MR) is 130 cm³/mol. The molecule has 170 valence electrons. The Bertz CT molecular complexity index is 1030. The molecule has 0 amide bonds. The molecule has 1 saturated carbocycles. The minimum absolute atomic E-state index is 0.461. The molecule has 1 aliphatic carbocycles. The average molecular weight is 453 g/mol. The molecule has 0 bridgehead atoms. The van der Waals surface area contributed by atoms with Gasteiger partial charge in [-0.05, 0) is 38.0 Å². The van der Waals surface area contributed by atoms with Crippen molar-refractivity contribution in [3.63, 3.8) is 0 Å². The molecule has 0 spiro atoms. The first kappa shape index (κ1) is 22.5. The molecule has 0 saturated heterocycles. The second-order valence-electron chi connectivity index (χ2n) is 8.25. The molecular weight excluding hydrogens is 420 g/mol. The summed E-state index contributed by atoms with van der Waals surface area (Å²) in [6.45, 7) is 2.74. The molecule has 0 unspecified atom stereocenters. The van der Waals surface area contributed by atoms with Crippen LogP contribution in [0.4, 0.5) is 5.69 Å². The number of rotatable bonds is 9. The summed E-state index contributed by atoms with van der Waals surface area (Å²) in [6.07, 6.45) is 6.22. The molecule has 4 rings (SSSR count). The zero-order valence-corrected chi connectivity index (χ0v) is 20.0. The van der Waals surface area contributed by atoms with Gasteiger partial charge >= 0.3 is 0 Å². The number of ether oxygens (including phenoxy) is 2. The summed E-state index contributed by atoms with van der Waals surface area (Å²) in [5, 5.41) is 13.7. The topological polar surface area (TPSA) is 61.2 Å². The molecule has 6 nitrogen and oxygen atoms in total. The van der Waals surface area contributed by atoms with Crippen molar-refractivity contribution in [3.8, 4) is 11.5 Å². The minimum Gasteiger partial charge on any atom is -0.497 e. The Labute approximate surface area is 194 Å². The first-order valence-electron chi connectivity index (χ1n) is 11.3. The fraction of sp³-hybridized carbons (Fsp3) is 0.440. The SMILES string of the molecule is COc1cccc(NCc2nnc(SCc3cc(C)ccc3OC)n2C2CCCCC2)c1. The van der Waals surface area contributed by atoms with Crippen LogP contribution in [0.5, 0.6) is 11.5 Å². The van der Waals surface area contributed by atoms with E-state index >= 15 is 0 Å². The highest BCUT2D eigenvalue weighted by Gasteiger charge is 2.23. The maximum absolute atomic E-state index is 5.57. The second kappa shape index (κ2) is 10.8. The summed E-state index contributed by atoms with van der Waals surface area (Å²) in [4.78, 5) is 0. The maximum Gasteiger partial charge on any atom is 0.191 e. The standard InChI is InChI=1S/C25H32N4O2S/c1-18-12-13-23(31-3)19(14-18)17-32-25-28-27-24(29(25)21-9-5-4-6-10-21)16-26-20-8-7-11-22(15-20)30-2/h7-8,11-15,21,26H,4-6,9-10,16-17H2,1-3H3. The van der Waals surface area contributed by atoms with E-state index in [0.717, 1.165) is 33.9 Å². The largest absolute Gasteiger partial charge is 0.497 e. The van der Waals surface area contributed by atoms with E-state index in [2.05, 4.69) is 39.1 Å². The van der Waals surface area contributed by atoms with Crippen LogP contribution in [0.15, 0.2) is 47.6 Å². The number of thioether (sulfide) groups is 1. The van der Waals surface area contributed by atoms with Crippen LogP contribution in [0.2, 0.25) is 0 Å². The summed E-state index contributed by atoms with van der Waals surface area (Å²) < 4.78 is 13.3. The molecule has 0 atom stereocenters. The number of benzene rings is 2. The van der Waals surface area contributed by atoms with E-state index in [0.29, 0.717) is 12.6 Å². The molecule has 1 aromatic heterocycles. The molecule has 32 heavy (non-hydrogen) atoms. The van der Waals surface area contributed by atoms with Gasteiger partial charge in [-0.1, -0.05) is 54.8 Å². The van der Waals surface area contributed by atoms with Gasteiger partial charge in [-0.2, -0.15) is 0 Å². The maximum atomic E-state index is 5.57. The highest BCUT2D eigenvalue weighted by atomic mass is 32.2. The summed E-state index contributed by atoms with van der Waals surface area (Å²) in [5.74, 6) is 3.55. The normalized spacial score (nSPS) is 14.3. The van der Waals surface area contributed by atoms with Crippen molar-refractivity contribution in [3.05, 3.63) is 59.4 Å². The lowest BCUT2D eigenvalue weighted by Gasteiger charge is -2.26. The molecule has 0 aliphatic heterocycles. The average Bonchev–Trinajstić information content (AvgIpc) is 3.25. The lowest BCUT2D eigenvalue weighted by atomic mass is 9.95. The molecule has 7 heteroatoms. The van der Waals surface area contributed by atoms with Crippen LogP contribution in [0.1, 0.15) is 55.1 Å². The number of aromatic nitrogens is 3. The lowest BCUT2D eigenvalue weighted by Crippen LogP contribution is -2.18. The van der Waals surface area contributed by atoms with Gasteiger partial charge < -0.3 is 19.4 Å². The van der Waals surface area contributed by atoms with Gasteiger partial charge in [0.2, 0.25) is 0 Å². The Morgan fingerprint density at radius 1 is 1.03 bits per heavy atom. The van der Waals surface area contributed by atoms with Crippen molar-refractivity contribution < 1.29 is 9.47 Å². The third-order valence-electron chi connectivity index (χ3n) is 5.99. The van der Waals surface area contributed by atoms with Gasteiger partial charge in [-0.3, -0.25) is 0 Å². The van der Waals surface area contributed by atoms with Crippen molar-refractivity contribution in [1.82, 2.24) is 14.8 Å². The van der Waals surface area contributed by atoms with Crippen LogP contribution in [-0.2, 0) is 12.3 Å². The van der Waals surface area contributed by atoms with Gasteiger partial charge in [0, 0.05) is 29.1 Å². The highest BCUT2D eigenvalue weighted by Crippen LogP contribution is 2.35. The Kier molecular flexibility index (Phi) is 7.58. The van der Waals surface area contributed by atoms with Gasteiger partial charge in [0.1, 0.15) is 11.5 Å². The number of methoxy groups -OCH3 is 2. The first-order valence-corrected chi connectivity index (χ1v) is 12.2. The van der Waals surface area contributed by atoms with E-state index in [1.54, 1.807) is 26.0 Å². The van der Waals surface area contributed by atoms with Crippen LogP contribution < -0.4 is 14.8 Å². The van der Waals surface area contributed by atoms with E-state index in [4.69, 9.17) is 9.47 Å². The monoisotopic (exact) mass is 452 g/mol. The predicted octanol–water partition coefficient (Wildman–Crippen LogP) is 6.01. The molecule has 1 aliphatic rings. The number of hydrogen-bond donors (Lipinski definition) is 1. The van der Waals surface area contributed by atoms with Crippen molar-refractivity contribution >= 4 is 17.4 Å². The van der Waals surface area contributed by atoms with E-state index in [-0.39, 0.29) is 0 Å². The summed E-state index contributed by atoms with van der Waals surface area (Å²) >= 11 is 1.74. The van der Waals surface area contributed by atoms with Crippen LogP contribution in [0.3, 0.4) is 0 Å². The molecule has 1 fully saturated rings. The van der Waals surface area contributed by atoms with Gasteiger partial charge in [0.05, 0.1) is 20.8 Å². The quantitative estimate of drug-likeness (QED) is 0.401. The van der Waals surface area contributed by atoms with E-state index in [9.17, 15) is 0 Å². The van der Waals surface area contributed by atoms with Gasteiger partial charge in [-0.15, -0.1) is 10.2 Å². The third kappa shape index (κ3) is 5.38. The van der Waals surface area contributed by atoms with Crippen molar-refractivity contribution in [2.75, 3.05) is 19.5 Å². The number of hydrogen-bond acceptors (Lipinski definition) is 6. The van der Waals surface area contributed by atoms with Crippen molar-refractivity contribution in [1.29, 1.82) is 0 Å². The Morgan fingerprint density at radius 2 is 1.88 bits per heavy atom. The Morgan fingerprint density at radius 3 is 2.66 bits per heavy atom. The van der Waals surface area contributed by atoms with Gasteiger partial charge in [0.25, 0.3) is 0 Å². The zero-order valence-electron chi connectivity index (χ0n) is 19.1. The summed E-state index contributed by atoms with van der Waals surface area (Å²) in [5.41, 5.74) is 3.44. The number of nitrogens with zero attached hydrogens (tertiary/aromatic N) is 3. The number of nitrogens with one attached hydrogen (secondary N) is 1. The minimum atomic E-state index is 0.461. The van der Waals surface area contributed by atoms with E-state index in [1.165, 1.54) is 43.2 Å². The highest BCUT2D eigenvalue weighted by molar-refractivity contribution is 7.98. The van der Waals surface area contributed by atoms with Crippen LogP contribution in [0, 0.1) is 6.92 Å². The first-order chi connectivity index (χ1) is 15.7.